The fourth-order valence-electron chi connectivity index (χ4n) is 1.47. The summed E-state index contributed by atoms with van der Waals surface area (Å²) in [7, 11) is 0. The summed E-state index contributed by atoms with van der Waals surface area (Å²) < 4.78 is 19.0. The fraction of sp³-hybridized carbons (Fsp3) is 0.462. The number of nitrogens with one attached hydrogen (secondary N) is 1. The third-order valence-corrected chi connectivity index (χ3v) is 2.79. The van der Waals surface area contributed by atoms with Gasteiger partial charge in [-0.05, 0) is 37.1 Å². The molecule has 7 heteroatoms. The van der Waals surface area contributed by atoms with E-state index in [2.05, 4.69) is 26.2 Å². The largest absolute Gasteiger partial charge is 0.382 e. The summed E-state index contributed by atoms with van der Waals surface area (Å²) in [5.41, 5.74) is 6.47. The van der Waals surface area contributed by atoms with Gasteiger partial charge in [0.1, 0.15) is 5.82 Å². The van der Waals surface area contributed by atoms with Gasteiger partial charge >= 0.3 is 0 Å². The molecule has 0 spiro atoms. The molecule has 0 aliphatic carbocycles. The van der Waals surface area contributed by atoms with Crippen LogP contribution < -0.4 is 11.1 Å². The van der Waals surface area contributed by atoms with Crippen LogP contribution >= 0.6 is 39.9 Å². The van der Waals surface area contributed by atoms with Crippen molar-refractivity contribution in [2.75, 3.05) is 19.8 Å². The molecule has 0 unspecified atom stereocenters. The molecule has 1 aromatic rings. The van der Waals surface area contributed by atoms with Crippen molar-refractivity contribution in [3.8, 4) is 0 Å². The van der Waals surface area contributed by atoms with Crippen molar-refractivity contribution < 1.29 is 9.13 Å². The summed E-state index contributed by atoms with van der Waals surface area (Å²) in [6.45, 7) is 4.44. The number of aliphatic imine (C=N–C) groups is 1. The number of hydrogen-bond acceptors (Lipinski definition) is 2. The number of hydrogen-bond donors (Lipinski definition) is 2. The second-order valence-electron chi connectivity index (χ2n) is 3.96. The zero-order valence-electron chi connectivity index (χ0n) is 11.4. The molecule has 0 aliphatic rings. The van der Waals surface area contributed by atoms with Gasteiger partial charge in [0.15, 0.2) is 5.96 Å². The van der Waals surface area contributed by atoms with Crippen LogP contribution in [-0.2, 0) is 11.3 Å². The van der Waals surface area contributed by atoms with Gasteiger partial charge in [-0.2, -0.15) is 0 Å². The van der Waals surface area contributed by atoms with Crippen molar-refractivity contribution in [2.45, 2.75) is 19.9 Å². The highest BCUT2D eigenvalue weighted by Crippen LogP contribution is 2.15. The molecule has 0 aliphatic heterocycles. The molecular formula is C13H20BrFIN3O. The Morgan fingerprint density at radius 1 is 1.45 bits per heavy atom. The second kappa shape index (κ2) is 11.3. The number of nitrogens with zero attached hydrogens (tertiary/aromatic N) is 1. The molecule has 4 nitrogen and oxygen atoms in total. The number of benzene rings is 1. The lowest BCUT2D eigenvalue weighted by atomic mass is 10.2. The Balaban J connectivity index is 0.00000361. The molecule has 0 fully saturated rings. The van der Waals surface area contributed by atoms with E-state index in [0.29, 0.717) is 30.1 Å². The maximum atomic E-state index is 13.1. The highest BCUT2D eigenvalue weighted by Gasteiger charge is 1.99. The van der Waals surface area contributed by atoms with Crippen molar-refractivity contribution in [3.05, 3.63) is 34.1 Å². The van der Waals surface area contributed by atoms with E-state index in [1.807, 2.05) is 13.0 Å². The Hall–Kier alpha value is -0.410. The molecule has 3 N–H and O–H groups in total. The predicted octanol–water partition coefficient (Wildman–Crippen LogP) is 3.04. The van der Waals surface area contributed by atoms with Crippen molar-refractivity contribution >= 4 is 45.9 Å². The number of guanidine groups is 1. The minimum Gasteiger partial charge on any atom is -0.382 e. The highest BCUT2D eigenvalue weighted by atomic mass is 127. The van der Waals surface area contributed by atoms with Gasteiger partial charge in [-0.3, -0.25) is 0 Å². The molecule has 1 aromatic carbocycles. The summed E-state index contributed by atoms with van der Waals surface area (Å²) in [5, 5.41) is 2.98. The van der Waals surface area contributed by atoms with Gasteiger partial charge in [0, 0.05) is 24.2 Å². The zero-order valence-corrected chi connectivity index (χ0v) is 15.3. The van der Waals surface area contributed by atoms with Crippen molar-refractivity contribution in [2.24, 2.45) is 10.7 Å². The van der Waals surface area contributed by atoms with Crippen LogP contribution in [0.5, 0.6) is 0 Å². The minimum absolute atomic E-state index is 0. The Labute approximate surface area is 144 Å². The fourth-order valence-corrected chi connectivity index (χ4v) is 1.98. The quantitative estimate of drug-likeness (QED) is 0.285. The maximum absolute atomic E-state index is 13.1. The third kappa shape index (κ3) is 8.70. The van der Waals surface area contributed by atoms with Crippen LogP contribution in [0, 0.1) is 5.82 Å². The molecule has 0 amide bonds. The number of ether oxygens (including phenoxy) is 1. The summed E-state index contributed by atoms with van der Waals surface area (Å²) in [4.78, 5) is 4.15. The first-order valence-electron chi connectivity index (χ1n) is 6.18. The maximum Gasteiger partial charge on any atom is 0.188 e. The van der Waals surface area contributed by atoms with E-state index in [0.717, 1.165) is 18.6 Å². The first-order valence-corrected chi connectivity index (χ1v) is 6.97. The highest BCUT2D eigenvalue weighted by molar-refractivity contribution is 14.0. The first-order chi connectivity index (χ1) is 9.11. The molecule has 0 saturated heterocycles. The van der Waals surface area contributed by atoms with Gasteiger partial charge in [-0.15, -0.1) is 24.0 Å². The molecule has 0 radical (unpaired) electrons. The summed E-state index contributed by atoms with van der Waals surface area (Å²) >= 11 is 3.24. The summed E-state index contributed by atoms with van der Waals surface area (Å²) in [6.07, 6.45) is 0.871. The Kier molecular flexibility index (Phi) is 11.0. The van der Waals surface area contributed by atoms with Crippen LogP contribution in [0.3, 0.4) is 0 Å². The minimum atomic E-state index is -0.289. The van der Waals surface area contributed by atoms with Crippen LogP contribution in [-0.4, -0.2) is 25.7 Å². The molecule has 114 valence electrons. The average molecular weight is 460 g/mol. The van der Waals surface area contributed by atoms with E-state index >= 15 is 0 Å². The molecule has 0 aromatic heterocycles. The lowest BCUT2D eigenvalue weighted by molar-refractivity contribution is 0.145. The SMILES string of the molecule is CCOCCCNC(N)=NCc1cc(F)cc(Br)c1.I. The standard InChI is InChI=1S/C13H19BrFN3O.HI/c1-2-19-5-3-4-17-13(16)18-9-10-6-11(14)8-12(15)7-10;/h6-8H,2-5,9H2,1H3,(H3,16,17,18);1H. The van der Waals surface area contributed by atoms with Crippen LogP contribution in [0.25, 0.3) is 0 Å². The normalized spacial score (nSPS) is 11.1. The number of nitrogens with two attached hydrogens (primary N) is 1. The van der Waals surface area contributed by atoms with Gasteiger partial charge in [-0.25, -0.2) is 9.38 Å². The molecule has 0 heterocycles. The van der Waals surface area contributed by atoms with Gasteiger partial charge in [0.2, 0.25) is 0 Å². The molecule has 0 atom stereocenters. The first kappa shape index (κ1) is 19.6. The van der Waals surface area contributed by atoms with Crippen LogP contribution in [0.2, 0.25) is 0 Å². The van der Waals surface area contributed by atoms with E-state index in [1.54, 1.807) is 0 Å². The smallest absolute Gasteiger partial charge is 0.188 e. The van der Waals surface area contributed by atoms with E-state index in [9.17, 15) is 4.39 Å². The molecule has 1 rings (SSSR count). The topological polar surface area (TPSA) is 59.6 Å². The van der Waals surface area contributed by atoms with Crippen molar-refractivity contribution in [1.82, 2.24) is 5.32 Å². The zero-order chi connectivity index (χ0) is 14.1. The Morgan fingerprint density at radius 2 is 2.20 bits per heavy atom. The van der Waals surface area contributed by atoms with Crippen LogP contribution in [0.4, 0.5) is 4.39 Å². The molecule has 0 saturated carbocycles. The second-order valence-corrected chi connectivity index (χ2v) is 4.87. The summed E-state index contributed by atoms with van der Waals surface area (Å²) in [5.74, 6) is 0.0692. The number of halogens is 3. The van der Waals surface area contributed by atoms with Crippen LogP contribution in [0.1, 0.15) is 18.9 Å². The molecule has 20 heavy (non-hydrogen) atoms. The van der Waals surface area contributed by atoms with Gasteiger partial charge < -0.3 is 15.8 Å². The Bertz CT molecular complexity index is 412. The summed E-state index contributed by atoms with van der Waals surface area (Å²) in [6, 6.07) is 4.66. The van der Waals surface area contributed by atoms with E-state index in [1.165, 1.54) is 12.1 Å². The van der Waals surface area contributed by atoms with E-state index in [4.69, 9.17) is 10.5 Å². The predicted molar refractivity (Wildman–Crippen MR) is 94.0 cm³/mol. The van der Waals surface area contributed by atoms with Gasteiger partial charge in [-0.1, -0.05) is 15.9 Å². The number of rotatable bonds is 7. The van der Waals surface area contributed by atoms with Crippen LogP contribution in [0.15, 0.2) is 27.7 Å². The van der Waals surface area contributed by atoms with Gasteiger partial charge in [0.05, 0.1) is 6.54 Å². The molecule has 0 bridgehead atoms. The van der Waals surface area contributed by atoms with E-state index < -0.39 is 0 Å². The lowest BCUT2D eigenvalue weighted by Gasteiger charge is -2.06. The molecular weight excluding hydrogens is 440 g/mol. The lowest BCUT2D eigenvalue weighted by Crippen LogP contribution is -2.32. The van der Waals surface area contributed by atoms with Crippen molar-refractivity contribution in [1.29, 1.82) is 0 Å². The van der Waals surface area contributed by atoms with Crippen molar-refractivity contribution in [3.63, 3.8) is 0 Å². The van der Waals surface area contributed by atoms with E-state index in [-0.39, 0.29) is 29.8 Å². The average Bonchev–Trinajstić information content (AvgIpc) is 2.35. The monoisotopic (exact) mass is 459 g/mol. The van der Waals surface area contributed by atoms with Gasteiger partial charge in [0.25, 0.3) is 0 Å². The Morgan fingerprint density at radius 3 is 2.85 bits per heavy atom. The third-order valence-electron chi connectivity index (χ3n) is 2.33.